The van der Waals surface area contributed by atoms with E-state index in [1.165, 1.54) is 18.4 Å². The molecule has 0 N–H and O–H groups in total. The van der Waals surface area contributed by atoms with Crippen LogP contribution in [0, 0.1) is 19.8 Å². The summed E-state index contributed by atoms with van der Waals surface area (Å²) < 4.78 is 0. The summed E-state index contributed by atoms with van der Waals surface area (Å²) in [6.07, 6.45) is 4.78. The number of carbonyl (C=O) groups is 1. The molecule has 0 saturated heterocycles. The van der Waals surface area contributed by atoms with E-state index in [1.807, 2.05) is 31.0 Å². The van der Waals surface area contributed by atoms with Gasteiger partial charge in [0.1, 0.15) is 0 Å². The van der Waals surface area contributed by atoms with Gasteiger partial charge in [0.2, 0.25) is 0 Å². The molecule has 2 nitrogen and oxygen atoms in total. The van der Waals surface area contributed by atoms with Gasteiger partial charge in [-0.2, -0.15) is 0 Å². The molecule has 1 saturated carbocycles. The van der Waals surface area contributed by atoms with Gasteiger partial charge in [-0.05, 0) is 57.1 Å². The van der Waals surface area contributed by atoms with Crippen molar-refractivity contribution >= 4 is 5.91 Å². The lowest BCUT2D eigenvalue weighted by atomic mass is 9.86. The first-order valence-electron chi connectivity index (χ1n) is 7.33. The molecule has 0 unspecified atom stereocenters. The maximum absolute atomic E-state index is 12.6. The monoisotopic (exact) mass is 259 g/mol. The fourth-order valence-electron chi connectivity index (χ4n) is 3.04. The zero-order valence-electron chi connectivity index (χ0n) is 12.6. The summed E-state index contributed by atoms with van der Waals surface area (Å²) in [4.78, 5) is 14.5. The smallest absolute Gasteiger partial charge is 0.254 e. The number of carbonyl (C=O) groups excluding carboxylic acids is 1. The molecule has 0 bridgehead atoms. The topological polar surface area (TPSA) is 20.3 Å². The highest BCUT2D eigenvalue weighted by Crippen LogP contribution is 2.27. The highest BCUT2D eigenvalue weighted by molar-refractivity contribution is 5.95. The fourth-order valence-corrected chi connectivity index (χ4v) is 3.04. The normalized spacial score (nSPS) is 23.2. The standard InChI is InChI=1S/C17H25NO/c1-12-5-8-15(9-6-12)18(4)17(19)16-10-7-13(2)11-14(16)3/h7,10-12,15H,5-6,8-9H2,1-4H3. The Kier molecular flexibility index (Phi) is 4.28. The van der Waals surface area contributed by atoms with Crippen LogP contribution in [0.25, 0.3) is 0 Å². The Balaban J connectivity index is 2.10. The van der Waals surface area contributed by atoms with Gasteiger partial charge in [0.15, 0.2) is 0 Å². The maximum Gasteiger partial charge on any atom is 0.254 e. The van der Waals surface area contributed by atoms with Gasteiger partial charge < -0.3 is 4.90 Å². The first-order chi connectivity index (χ1) is 8.99. The van der Waals surface area contributed by atoms with Crippen LogP contribution in [0.1, 0.15) is 54.1 Å². The van der Waals surface area contributed by atoms with Gasteiger partial charge in [-0.15, -0.1) is 0 Å². The second-order valence-corrected chi connectivity index (χ2v) is 6.15. The van der Waals surface area contributed by atoms with Crippen molar-refractivity contribution in [3.63, 3.8) is 0 Å². The second-order valence-electron chi connectivity index (χ2n) is 6.15. The third kappa shape index (κ3) is 3.17. The Hall–Kier alpha value is -1.31. The number of hydrogen-bond donors (Lipinski definition) is 0. The molecular formula is C17H25NO. The molecule has 1 amide bonds. The van der Waals surface area contributed by atoms with Gasteiger partial charge in [0.25, 0.3) is 5.91 Å². The van der Waals surface area contributed by atoms with Crippen LogP contribution in [0.15, 0.2) is 18.2 Å². The first-order valence-corrected chi connectivity index (χ1v) is 7.33. The largest absolute Gasteiger partial charge is 0.339 e. The van der Waals surface area contributed by atoms with Gasteiger partial charge >= 0.3 is 0 Å². The molecule has 0 aliphatic heterocycles. The van der Waals surface area contributed by atoms with E-state index in [-0.39, 0.29) is 5.91 Å². The number of benzene rings is 1. The molecule has 19 heavy (non-hydrogen) atoms. The summed E-state index contributed by atoms with van der Waals surface area (Å²) in [6, 6.07) is 6.50. The van der Waals surface area contributed by atoms with Gasteiger partial charge in [-0.1, -0.05) is 24.6 Å². The van der Waals surface area contributed by atoms with Crippen molar-refractivity contribution in [2.24, 2.45) is 5.92 Å². The molecule has 1 aliphatic rings. The highest BCUT2D eigenvalue weighted by Gasteiger charge is 2.25. The van der Waals surface area contributed by atoms with Crippen molar-refractivity contribution in [2.75, 3.05) is 7.05 Å². The first kappa shape index (κ1) is 14.1. The third-order valence-electron chi connectivity index (χ3n) is 4.47. The lowest BCUT2D eigenvalue weighted by Gasteiger charge is -2.34. The lowest BCUT2D eigenvalue weighted by molar-refractivity contribution is 0.0679. The maximum atomic E-state index is 12.6. The van der Waals surface area contributed by atoms with Gasteiger partial charge in [0, 0.05) is 18.7 Å². The summed E-state index contributed by atoms with van der Waals surface area (Å²) >= 11 is 0. The lowest BCUT2D eigenvalue weighted by Crippen LogP contribution is -2.39. The summed E-state index contributed by atoms with van der Waals surface area (Å²) in [5.74, 6) is 0.998. The van der Waals surface area contributed by atoms with Crippen LogP contribution in [0.5, 0.6) is 0 Å². The Morgan fingerprint density at radius 3 is 2.37 bits per heavy atom. The van der Waals surface area contributed by atoms with Crippen LogP contribution in [-0.4, -0.2) is 23.9 Å². The molecule has 104 valence electrons. The molecule has 1 aromatic rings. The molecule has 2 rings (SSSR count). The Morgan fingerprint density at radius 2 is 1.79 bits per heavy atom. The minimum Gasteiger partial charge on any atom is -0.339 e. The van der Waals surface area contributed by atoms with Crippen LogP contribution in [0.4, 0.5) is 0 Å². The minimum atomic E-state index is 0.178. The molecular weight excluding hydrogens is 234 g/mol. The summed E-state index contributed by atoms with van der Waals surface area (Å²) in [5.41, 5.74) is 3.15. The molecule has 0 heterocycles. The van der Waals surface area contributed by atoms with Gasteiger partial charge in [-0.25, -0.2) is 0 Å². The molecule has 0 spiro atoms. The van der Waals surface area contributed by atoms with E-state index < -0.39 is 0 Å². The fraction of sp³-hybridized carbons (Fsp3) is 0.588. The number of nitrogens with zero attached hydrogens (tertiary/aromatic N) is 1. The van der Waals surface area contributed by atoms with E-state index >= 15 is 0 Å². The molecule has 1 aromatic carbocycles. The molecule has 2 heteroatoms. The van der Waals surface area contributed by atoms with Crippen molar-refractivity contribution in [3.05, 3.63) is 34.9 Å². The summed E-state index contributed by atoms with van der Waals surface area (Å²) in [6.45, 7) is 6.40. The third-order valence-corrected chi connectivity index (χ3v) is 4.47. The van der Waals surface area contributed by atoms with E-state index in [4.69, 9.17) is 0 Å². The SMILES string of the molecule is Cc1ccc(C(=O)N(C)C2CCC(C)CC2)c(C)c1. The Morgan fingerprint density at radius 1 is 1.16 bits per heavy atom. The van der Waals surface area contributed by atoms with Crippen molar-refractivity contribution < 1.29 is 4.79 Å². The molecule has 0 radical (unpaired) electrons. The van der Waals surface area contributed by atoms with Crippen LogP contribution in [0.3, 0.4) is 0 Å². The van der Waals surface area contributed by atoms with E-state index in [9.17, 15) is 4.79 Å². The Labute approximate surface area is 116 Å². The summed E-state index contributed by atoms with van der Waals surface area (Å²) in [5, 5.41) is 0. The van der Waals surface area contributed by atoms with Crippen molar-refractivity contribution in [2.45, 2.75) is 52.5 Å². The van der Waals surface area contributed by atoms with Gasteiger partial charge in [0.05, 0.1) is 0 Å². The average molecular weight is 259 g/mol. The Bertz CT molecular complexity index is 458. The number of rotatable bonds is 2. The van der Waals surface area contributed by atoms with E-state index in [2.05, 4.69) is 19.9 Å². The van der Waals surface area contributed by atoms with Crippen molar-refractivity contribution in [3.8, 4) is 0 Å². The number of hydrogen-bond acceptors (Lipinski definition) is 1. The summed E-state index contributed by atoms with van der Waals surface area (Å²) in [7, 11) is 1.96. The molecule has 1 fully saturated rings. The van der Waals surface area contributed by atoms with E-state index in [1.54, 1.807) is 0 Å². The average Bonchev–Trinajstić information content (AvgIpc) is 2.38. The molecule has 0 aromatic heterocycles. The van der Waals surface area contributed by atoms with Crippen molar-refractivity contribution in [1.29, 1.82) is 0 Å². The quantitative estimate of drug-likeness (QED) is 0.787. The van der Waals surface area contributed by atoms with Crippen LogP contribution >= 0.6 is 0 Å². The molecule has 1 aliphatic carbocycles. The molecule has 0 atom stereocenters. The predicted octanol–water partition coefficient (Wildman–Crippen LogP) is 3.95. The van der Waals surface area contributed by atoms with Crippen LogP contribution in [0.2, 0.25) is 0 Å². The highest BCUT2D eigenvalue weighted by atomic mass is 16.2. The van der Waals surface area contributed by atoms with Crippen LogP contribution in [-0.2, 0) is 0 Å². The zero-order valence-corrected chi connectivity index (χ0v) is 12.6. The van der Waals surface area contributed by atoms with Crippen LogP contribution < -0.4 is 0 Å². The minimum absolute atomic E-state index is 0.178. The predicted molar refractivity (Wildman–Crippen MR) is 79.4 cm³/mol. The van der Waals surface area contributed by atoms with Crippen molar-refractivity contribution in [1.82, 2.24) is 4.90 Å². The zero-order chi connectivity index (χ0) is 14.0. The number of aryl methyl sites for hydroxylation is 2. The van der Waals surface area contributed by atoms with Gasteiger partial charge in [-0.3, -0.25) is 4.79 Å². The number of amides is 1. The van der Waals surface area contributed by atoms with E-state index in [0.717, 1.165) is 29.9 Å². The second kappa shape index (κ2) is 5.77. The van der Waals surface area contributed by atoms with E-state index in [0.29, 0.717) is 6.04 Å².